The summed E-state index contributed by atoms with van der Waals surface area (Å²) in [6.45, 7) is 3.76. The Bertz CT molecular complexity index is 718. The van der Waals surface area contributed by atoms with Crippen molar-refractivity contribution >= 4 is 11.7 Å². The molecule has 4 nitrogen and oxygen atoms in total. The molecule has 0 amide bonds. The molecule has 0 bridgehead atoms. The third-order valence-corrected chi connectivity index (χ3v) is 8.38. The average Bonchev–Trinajstić information content (AvgIpc) is 3.06. The predicted molar refractivity (Wildman–Crippen MR) is 104 cm³/mol. The molecular weight excluding hydrogens is 338 g/mol. The Morgan fingerprint density at radius 3 is 2.85 bits per heavy atom. The molecule has 3 fully saturated rings. The summed E-state index contributed by atoms with van der Waals surface area (Å²) in [6, 6.07) is 0. The standard InChI is InChI=1S/C23H31NO3/c1-4-16-7-9-20-18-8-6-15-12-21(24-26)22(27-14(3)25)13-19(15)17(18)10-11-23(16,20)5-2/h1,12,16-20,22,26H,5-11,13H2,2-3H3/t16-,17+,18-,19+,20+,22?,23-/m1/s1. The van der Waals surface area contributed by atoms with Gasteiger partial charge in [0.1, 0.15) is 11.8 Å². The molecule has 0 saturated heterocycles. The maximum atomic E-state index is 11.5. The number of rotatable bonds is 2. The quantitative estimate of drug-likeness (QED) is 0.336. The minimum absolute atomic E-state index is 0.313. The van der Waals surface area contributed by atoms with Gasteiger partial charge in [0.25, 0.3) is 0 Å². The van der Waals surface area contributed by atoms with E-state index in [1.54, 1.807) is 0 Å². The molecular formula is C23H31NO3. The highest BCUT2D eigenvalue weighted by Crippen LogP contribution is 2.64. The van der Waals surface area contributed by atoms with E-state index in [1.807, 2.05) is 6.08 Å². The van der Waals surface area contributed by atoms with Gasteiger partial charge in [-0.2, -0.15) is 0 Å². The maximum Gasteiger partial charge on any atom is 0.303 e. The van der Waals surface area contributed by atoms with Crippen LogP contribution in [0.1, 0.15) is 65.2 Å². The van der Waals surface area contributed by atoms with Gasteiger partial charge in [-0.3, -0.25) is 4.79 Å². The Labute approximate surface area is 162 Å². The Morgan fingerprint density at radius 2 is 2.19 bits per heavy atom. The van der Waals surface area contributed by atoms with Gasteiger partial charge in [-0.1, -0.05) is 17.7 Å². The molecule has 0 spiro atoms. The molecule has 0 radical (unpaired) electrons. The minimum Gasteiger partial charge on any atom is -0.456 e. The number of hydrogen-bond donors (Lipinski definition) is 1. The van der Waals surface area contributed by atoms with Crippen molar-refractivity contribution in [3.05, 3.63) is 11.6 Å². The van der Waals surface area contributed by atoms with E-state index in [2.05, 4.69) is 18.0 Å². The van der Waals surface area contributed by atoms with E-state index >= 15 is 0 Å². The number of nitrogens with zero attached hydrogens (tertiary/aromatic N) is 1. The van der Waals surface area contributed by atoms with Crippen molar-refractivity contribution in [3.63, 3.8) is 0 Å². The van der Waals surface area contributed by atoms with Crippen LogP contribution in [0.25, 0.3) is 0 Å². The predicted octanol–water partition coefficient (Wildman–Crippen LogP) is 4.57. The summed E-state index contributed by atoms with van der Waals surface area (Å²) in [7, 11) is 0. The van der Waals surface area contributed by atoms with Gasteiger partial charge in [0.15, 0.2) is 0 Å². The van der Waals surface area contributed by atoms with Gasteiger partial charge in [-0.15, -0.1) is 12.3 Å². The lowest BCUT2D eigenvalue weighted by atomic mass is 9.50. The molecule has 0 aromatic carbocycles. The van der Waals surface area contributed by atoms with Crippen LogP contribution in [0.4, 0.5) is 0 Å². The van der Waals surface area contributed by atoms with Crippen LogP contribution in [0.15, 0.2) is 16.8 Å². The fourth-order valence-electron chi connectivity index (χ4n) is 7.31. The summed E-state index contributed by atoms with van der Waals surface area (Å²) >= 11 is 0. The number of terminal acetylenes is 1. The maximum absolute atomic E-state index is 11.5. The molecule has 4 rings (SSSR count). The van der Waals surface area contributed by atoms with Gasteiger partial charge < -0.3 is 9.94 Å². The van der Waals surface area contributed by atoms with Crippen LogP contribution in [-0.4, -0.2) is 23.0 Å². The first-order valence-electron chi connectivity index (χ1n) is 10.6. The molecule has 27 heavy (non-hydrogen) atoms. The Hall–Kier alpha value is -1.76. The van der Waals surface area contributed by atoms with E-state index in [9.17, 15) is 10.0 Å². The van der Waals surface area contributed by atoms with Crippen molar-refractivity contribution in [3.8, 4) is 12.3 Å². The molecule has 1 N–H and O–H groups in total. The molecule has 7 atom stereocenters. The number of allylic oxidation sites excluding steroid dienone is 1. The van der Waals surface area contributed by atoms with E-state index < -0.39 is 6.10 Å². The van der Waals surface area contributed by atoms with Crippen LogP contribution in [0, 0.1) is 47.3 Å². The molecule has 146 valence electrons. The number of ether oxygens (including phenoxy) is 1. The zero-order chi connectivity index (χ0) is 19.2. The van der Waals surface area contributed by atoms with E-state index in [0.717, 1.165) is 24.7 Å². The Kier molecular flexibility index (Phi) is 4.82. The van der Waals surface area contributed by atoms with Crippen molar-refractivity contribution < 1.29 is 14.7 Å². The van der Waals surface area contributed by atoms with Gasteiger partial charge in [-0.25, -0.2) is 0 Å². The molecule has 4 aliphatic rings. The Balaban J connectivity index is 1.62. The van der Waals surface area contributed by atoms with E-state index in [-0.39, 0.29) is 5.97 Å². The van der Waals surface area contributed by atoms with Crippen molar-refractivity contribution in [1.29, 1.82) is 0 Å². The SMILES string of the molecule is C#C[C@@H]1CC[C@H]2[C@@H]3CCC4=CC(=NO)C(OC(C)=O)C[C@@H]4[C@H]3CC[C@]12CC. The van der Waals surface area contributed by atoms with Crippen LogP contribution >= 0.6 is 0 Å². The van der Waals surface area contributed by atoms with E-state index in [1.165, 1.54) is 51.0 Å². The second kappa shape index (κ2) is 7.00. The van der Waals surface area contributed by atoms with Crippen molar-refractivity contribution in [2.75, 3.05) is 0 Å². The monoisotopic (exact) mass is 369 g/mol. The second-order valence-electron chi connectivity index (χ2n) is 9.08. The average molecular weight is 370 g/mol. The molecule has 0 aliphatic heterocycles. The van der Waals surface area contributed by atoms with Crippen LogP contribution in [0.3, 0.4) is 0 Å². The third-order valence-electron chi connectivity index (χ3n) is 8.38. The van der Waals surface area contributed by atoms with Crippen molar-refractivity contribution in [2.45, 2.75) is 71.3 Å². The van der Waals surface area contributed by atoms with Crippen molar-refractivity contribution in [2.24, 2.45) is 40.2 Å². The zero-order valence-corrected chi connectivity index (χ0v) is 16.5. The smallest absolute Gasteiger partial charge is 0.303 e. The first kappa shape index (κ1) is 18.6. The molecule has 4 aliphatic carbocycles. The van der Waals surface area contributed by atoms with Crippen molar-refractivity contribution in [1.82, 2.24) is 0 Å². The second-order valence-corrected chi connectivity index (χ2v) is 9.08. The van der Waals surface area contributed by atoms with Gasteiger partial charge >= 0.3 is 5.97 Å². The summed E-state index contributed by atoms with van der Waals surface area (Å²) < 4.78 is 5.48. The molecule has 0 heterocycles. The van der Waals surface area contributed by atoms with E-state index in [4.69, 9.17) is 11.2 Å². The normalized spacial score (nSPS) is 44.5. The topological polar surface area (TPSA) is 58.9 Å². The number of oxime groups is 1. The lowest BCUT2D eigenvalue weighted by molar-refractivity contribution is -0.144. The zero-order valence-electron chi connectivity index (χ0n) is 16.5. The number of fused-ring (bicyclic) bond motifs is 5. The fraction of sp³-hybridized carbons (Fsp3) is 0.739. The number of carbonyl (C=O) groups is 1. The molecule has 3 saturated carbocycles. The summed E-state index contributed by atoms with van der Waals surface area (Å²) in [5.41, 5.74) is 2.24. The highest BCUT2D eigenvalue weighted by atomic mass is 16.5. The third kappa shape index (κ3) is 2.82. The molecule has 1 unspecified atom stereocenters. The highest BCUT2D eigenvalue weighted by molar-refractivity contribution is 6.00. The first-order chi connectivity index (χ1) is 13.0. The minimum atomic E-state index is -0.417. The molecule has 4 heteroatoms. The van der Waals surface area contributed by atoms with Crippen LogP contribution in [-0.2, 0) is 9.53 Å². The lowest BCUT2D eigenvalue weighted by Crippen LogP contribution is -2.48. The lowest BCUT2D eigenvalue weighted by Gasteiger charge is -2.55. The van der Waals surface area contributed by atoms with Gasteiger partial charge in [0.2, 0.25) is 0 Å². The molecule has 0 aromatic rings. The first-order valence-corrected chi connectivity index (χ1v) is 10.6. The van der Waals surface area contributed by atoms with Gasteiger partial charge in [-0.05, 0) is 86.5 Å². The number of esters is 1. The number of hydrogen-bond acceptors (Lipinski definition) is 4. The number of carbonyl (C=O) groups excluding carboxylic acids is 1. The summed E-state index contributed by atoms with van der Waals surface area (Å²) in [5.74, 6) is 5.82. The highest BCUT2D eigenvalue weighted by Gasteiger charge is 2.57. The largest absolute Gasteiger partial charge is 0.456 e. The Morgan fingerprint density at radius 1 is 1.37 bits per heavy atom. The summed E-state index contributed by atoms with van der Waals surface area (Å²) in [4.78, 5) is 11.5. The van der Waals surface area contributed by atoms with E-state index in [0.29, 0.717) is 28.9 Å². The summed E-state index contributed by atoms with van der Waals surface area (Å²) in [6.07, 6.45) is 16.6. The van der Waals surface area contributed by atoms with Crippen LogP contribution in [0.2, 0.25) is 0 Å². The summed E-state index contributed by atoms with van der Waals surface area (Å²) in [5, 5.41) is 12.8. The van der Waals surface area contributed by atoms with Crippen LogP contribution < -0.4 is 0 Å². The van der Waals surface area contributed by atoms with Gasteiger partial charge in [0, 0.05) is 12.8 Å². The van der Waals surface area contributed by atoms with Gasteiger partial charge in [0.05, 0.1) is 0 Å². The fourth-order valence-corrected chi connectivity index (χ4v) is 7.31. The molecule has 0 aromatic heterocycles. The van der Waals surface area contributed by atoms with Crippen LogP contribution in [0.5, 0.6) is 0 Å².